The number of rotatable bonds is 3. The summed E-state index contributed by atoms with van der Waals surface area (Å²) in [5, 5.41) is 3.84. The van der Waals surface area contributed by atoms with Gasteiger partial charge in [0.25, 0.3) is 5.91 Å². The van der Waals surface area contributed by atoms with E-state index < -0.39 is 11.7 Å². The summed E-state index contributed by atoms with van der Waals surface area (Å²) in [7, 11) is 0. The Hall–Kier alpha value is -2.35. The number of amides is 1. The molecule has 0 aliphatic carbocycles. The minimum Gasteiger partial charge on any atom is -0.364 e. The summed E-state index contributed by atoms with van der Waals surface area (Å²) in [5.41, 5.74) is 0.0699. The van der Waals surface area contributed by atoms with Crippen LogP contribution in [-0.2, 0) is 12.7 Å². The Morgan fingerprint density at radius 3 is 2.54 bits per heavy atom. The van der Waals surface area contributed by atoms with Crippen LogP contribution in [0.5, 0.6) is 0 Å². The Labute approximate surface area is 136 Å². The van der Waals surface area contributed by atoms with E-state index in [0.717, 1.165) is 17.8 Å². The number of piperazine rings is 1. The number of halogens is 3. The highest BCUT2D eigenvalue weighted by Crippen LogP contribution is 2.29. The smallest absolute Gasteiger partial charge is 0.364 e. The molecule has 0 saturated carbocycles. The van der Waals surface area contributed by atoms with Crippen LogP contribution in [-0.4, -0.2) is 47.0 Å². The maximum Gasteiger partial charge on any atom is 0.416 e. The van der Waals surface area contributed by atoms with Crippen molar-refractivity contribution in [2.24, 2.45) is 0 Å². The second kappa shape index (κ2) is 6.64. The number of benzene rings is 1. The Morgan fingerprint density at radius 1 is 1.17 bits per heavy atom. The zero-order valence-electron chi connectivity index (χ0n) is 12.8. The lowest BCUT2D eigenvalue weighted by molar-refractivity contribution is -0.137. The van der Waals surface area contributed by atoms with Crippen LogP contribution in [0.4, 0.5) is 13.2 Å². The van der Waals surface area contributed by atoms with Crippen LogP contribution in [0.15, 0.2) is 41.1 Å². The van der Waals surface area contributed by atoms with Crippen molar-refractivity contribution in [1.82, 2.24) is 15.0 Å². The van der Waals surface area contributed by atoms with Gasteiger partial charge in [0.15, 0.2) is 0 Å². The molecule has 0 N–H and O–H groups in total. The Morgan fingerprint density at radius 2 is 1.92 bits per heavy atom. The first kappa shape index (κ1) is 16.5. The maximum atomic E-state index is 12.8. The van der Waals surface area contributed by atoms with Crippen molar-refractivity contribution in [3.63, 3.8) is 0 Å². The van der Waals surface area contributed by atoms with Crippen LogP contribution >= 0.6 is 0 Å². The topological polar surface area (TPSA) is 49.6 Å². The second-order valence-corrected chi connectivity index (χ2v) is 5.64. The van der Waals surface area contributed by atoms with Crippen molar-refractivity contribution >= 4 is 5.91 Å². The highest BCUT2D eigenvalue weighted by molar-refractivity contribution is 5.94. The molecule has 0 unspecified atom stereocenters. The number of alkyl halides is 3. The third kappa shape index (κ3) is 3.76. The van der Waals surface area contributed by atoms with Gasteiger partial charge in [0, 0.05) is 44.4 Å². The maximum absolute atomic E-state index is 12.8. The van der Waals surface area contributed by atoms with Gasteiger partial charge in [-0.05, 0) is 18.2 Å². The molecule has 128 valence electrons. The van der Waals surface area contributed by atoms with Gasteiger partial charge in [0.1, 0.15) is 6.26 Å². The van der Waals surface area contributed by atoms with Crippen LogP contribution < -0.4 is 0 Å². The molecule has 1 aromatic heterocycles. The van der Waals surface area contributed by atoms with Gasteiger partial charge >= 0.3 is 6.18 Å². The van der Waals surface area contributed by atoms with E-state index in [1.165, 1.54) is 18.4 Å². The molecule has 2 aromatic rings. The predicted molar refractivity (Wildman–Crippen MR) is 79.1 cm³/mol. The van der Waals surface area contributed by atoms with Gasteiger partial charge < -0.3 is 9.42 Å². The van der Waals surface area contributed by atoms with Crippen LogP contribution in [0, 0.1) is 0 Å². The quantitative estimate of drug-likeness (QED) is 0.863. The molecule has 1 aromatic carbocycles. The molecule has 1 fully saturated rings. The first-order chi connectivity index (χ1) is 11.4. The van der Waals surface area contributed by atoms with Gasteiger partial charge in [-0.2, -0.15) is 13.2 Å². The molecule has 1 aliphatic heterocycles. The Balaban J connectivity index is 1.61. The minimum absolute atomic E-state index is 0.0646. The summed E-state index contributed by atoms with van der Waals surface area (Å²) in [6, 6.07) is 6.33. The highest BCUT2D eigenvalue weighted by Gasteiger charge is 2.31. The molecule has 24 heavy (non-hydrogen) atoms. The van der Waals surface area contributed by atoms with Gasteiger partial charge in [0.2, 0.25) is 0 Å². The van der Waals surface area contributed by atoms with Gasteiger partial charge in [-0.3, -0.25) is 9.69 Å². The largest absolute Gasteiger partial charge is 0.416 e. The summed E-state index contributed by atoms with van der Waals surface area (Å²) < 4.78 is 43.1. The molecule has 5 nitrogen and oxygen atoms in total. The van der Waals surface area contributed by atoms with Gasteiger partial charge in [-0.1, -0.05) is 11.2 Å². The number of carbonyl (C=O) groups is 1. The molecule has 1 saturated heterocycles. The zero-order valence-corrected chi connectivity index (χ0v) is 12.8. The van der Waals surface area contributed by atoms with Crippen LogP contribution in [0.3, 0.4) is 0 Å². The minimum atomic E-state index is -4.45. The van der Waals surface area contributed by atoms with E-state index in [-0.39, 0.29) is 11.5 Å². The molecule has 0 radical (unpaired) electrons. The van der Waals surface area contributed by atoms with Gasteiger partial charge in [-0.25, -0.2) is 0 Å². The standard InChI is InChI=1S/C16H16F3N3O2/c17-16(18,19)13-3-1-2-12(10-13)15(23)22-7-5-21(6-8-22)11-14-4-9-24-20-14/h1-4,9-10H,5-8,11H2. The zero-order chi connectivity index (χ0) is 17.2. The van der Waals surface area contributed by atoms with Crippen LogP contribution in [0.1, 0.15) is 21.6 Å². The normalized spacial score (nSPS) is 16.4. The van der Waals surface area contributed by atoms with E-state index in [2.05, 4.69) is 10.1 Å². The summed E-state index contributed by atoms with van der Waals surface area (Å²) in [4.78, 5) is 16.1. The average molecular weight is 339 g/mol. The van der Waals surface area contributed by atoms with Crippen molar-refractivity contribution < 1.29 is 22.5 Å². The summed E-state index contributed by atoms with van der Waals surface area (Å²) >= 11 is 0. The number of hydrogen-bond donors (Lipinski definition) is 0. The molecule has 1 amide bonds. The van der Waals surface area contributed by atoms with Crippen molar-refractivity contribution in [3.05, 3.63) is 53.4 Å². The van der Waals surface area contributed by atoms with Gasteiger partial charge in [-0.15, -0.1) is 0 Å². The third-order valence-corrected chi connectivity index (χ3v) is 3.97. The van der Waals surface area contributed by atoms with E-state index in [9.17, 15) is 18.0 Å². The van der Waals surface area contributed by atoms with Crippen molar-refractivity contribution in [2.45, 2.75) is 12.7 Å². The van der Waals surface area contributed by atoms with E-state index in [4.69, 9.17) is 4.52 Å². The van der Waals surface area contributed by atoms with Crippen molar-refractivity contribution in [3.8, 4) is 0 Å². The summed E-state index contributed by atoms with van der Waals surface area (Å²) in [6.45, 7) is 2.83. The molecule has 2 heterocycles. The molecule has 3 rings (SSSR count). The summed E-state index contributed by atoms with van der Waals surface area (Å²) in [5.74, 6) is -0.373. The highest BCUT2D eigenvalue weighted by atomic mass is 19.4. The monoisotopic (exact) mass is 339 g/mol. The van der Waals surface area contributed by atoms with E-state index in [0.29, 0.717) is 32.7 Å². The number of carbonyl (C=O) groups excluding carboxylic acids is 1. The lowest BCUT2D eigenvalue weighted by Gasteiger charge is -2.34. The first-order valence-electron chi connectivity index (χ1n) is 7.51. The fraction of sp³-hybridized carbons (Fsp3) is 0.375. The molecule has 0 bridgehead atoms. The fourth-order valence-corrected chi connectivity index (χ4v) is 2.67. The van der Waals surface area contributed by atoms with Gasteiger partial charge in [0.05, 0.1) is 11.3 Å². The lowest BCUT2D eigenvalue weighted by Crippen LogP contribution is -2.48. The molecule has 8 heteroatoms. The Bertz CT molecular complexity index is 693. The molecular formula is C16H16F3N3O2. The summed E-state index contributed by atoms with van der Waals surface area (Å²) in [6.07, 6.45) is -2.95. The number of nitrogens with zero attached hydrogens (tertiary/aromatic N) is 3. The van der Waals surface area contributed by atoms with E-state index in [1.54, 1.807) is 11.0 Å². The van der Waals surface area contributed by atoms with Crippen molar-refractivity contribution in [1.29, 1.82) is 0 Å². The van der Waals surface area contributed by atoms with Crippen LogP contribution in [0.25, 0.3) is 0 Å². The fourth-order valence-electron chi connectivity index (χ4n) is 2.67. The Kier molecular flexibility index (Phi) is 4.57. The second-order valence-electron chi connectivity index (χ2n) is 5.64. The van der Waals surface area contributed by atoms with E-state index >= 15 is 0 Å². The number of aromatic nitrogens is 1. The first-order valence-corrected chi connectivity index (χ1v) is 7.51. The average Bonchev–Trinajstić information content (AvgIpc) is 3.07. The molecule has 1 aliphatic rings. The lowest BCUT2D eigenvalue weighted by atomic mass is 10.1. The number of hydrogen-bond acceptors (Lipinski definition) is 4. The molecule has 0 atom stereocenters. The van der Waals surface area contributed by atoms with Crippen molar-refractivity contribution in [2.75, 3.05) is 26.2 Å². The van der Waals surface area contributed by atoms with Crippen LogP contribution in [0.2, 0.25) is 0 Å². The van der Waals surface area contributed by atoms with E-state index in [1.807, 2.05) is 0 Å². The predicted octanol–water partition coefficient (Wildman–Crippen LogP) is 2.65. The SMILES string of the molecule is O=C(c1cccc(C(F)(F)F)c1)N1CCN(Cc2ccon2)CC1. The molecule has 0 spiro atoms. The third-order valence-electron chi connectivity index (χ3n) is 3.97. The molecular weight excluding hydrogens is 323 g/mol.